The van der Waals surface area contributed by atoms with Crippen LogP contribution in [0.4, 0.5) is 11.4 Å². The Morgan fingerprint density at radius 2 is 1.67 bits per heavy atom. The molecule has 3 aliphatic rings. The normalized spacial score (nSPS) is 27.8. The third-order valence-electron chi connectivity index (χ3n) is 6.86. The molecule has 176 valence electrons. The van der Waals surface area contributed by atoms with E-state index in [-0.39, 0.29) is 25.7 Å². The summed E-state index contributed by atoms with van der Waals surface area (Å²) >= 11 is 0. The zero-order valence-electron chi connectivity index (χ0n) is 19.2. The van der Waals surface area contributed by atoms with E-state index >= 15 is 0 Å². The molecule has 33 heavy (non-hydrogen) atoms. The van der Waals surface area contributed by atoms with Crippen LogP contribution in [0, 0.1) is 5.41 Å². The van der Waals surface area contributed by atoms with Crippen molar-refractivity contribution < 1.29 is 24.1 Å². The maximum Gasteiger partial charge on any atom is 0.293 e. The van der Waals surface area contributed by atoms with Gasteiger partial charge in [-0.05, 0) is 30.3 Å². The molecule has 2 saturated heterocycles. The van der Waals surface area contributed by atoms with Crippen molar-refractivity contribution in [3.63, 3.8) is 0 Å². The summed E-state index contributed by atoms with van der Waals surface area (Å²) in [5.41, 5.74) is 2.23. The minimum Gasteiger partial charge on any atom is -0.497 e. The number of para-hydroxylation sites is 1. The minimum absolute atomic E-state index is 0.0545. The Balaban J connectivity index is 1.28. The number of nitrogens with zero attached hydrogens (tertiary/aromatic N) is 3. The molecule has 0 atom stereocenters. The summed E-state index contributed by atoms with van der Waals surface area (Å²) in [7, 11) is 1.67. The Morgan fingerprint density at radius 3 is 2.30 bits per heavy atom. The van der Waals surface area contributed by atoms with Gasteiger partial charge in [-0.15, -0.1) is 0 Å². The SMILES string of the molecule is COc1ccc(N2CCN(CN3C(=O)C4(OCC(C)(CO)CO4)c4ccccc43)CC2)cc1. The third-order valence-corrected chi connectivity index (χ3v) is 6.86. The predicted octanol–water partition coefficient (Wildman–Crippen LogP) is 2.02. The van der Waals surface area contributed by atoms with Crippen molar-refractivity contribution in [2.24, 2.45) is 5.41 Å². The molecule has 1 spiro atoms. The summed E-state index contributed by atoms with van der Waals surface area (Å²) in [6.07, 6.45) is 0. The molecule has 0 radical (unpaired) electrons. The van der Waals surface area contributed by atoms with Gasteiger partial charge in [-0.1, -0.05) is 25.1 Å². The molecule has 3 aliphatic heterocycles. The van der Waals surface area contributed by atoms with Crippen LogP contribution in [0.25, 0.3) is 0 Å². The number of rotatable bonds is 5. The van der Waals surface area contributed by atoms with Gasteiger partial charge < -0.3 is 24.2 Å². The minimum atomic E-state index is -1.42. The number of amides is 1. The largest absolute Gasteiger partial charge is 0.497 e. The fourth-order valence-corrected chi connectivity index (χ4v) is 4.68. The maximum atomic E-state index is 13.6. The van der Waals surface area contributed by atoms with Crippen LogP contribution in [0.2, 0.25) is 0 Å². The van der Waals surface area contributed by atoms with Gasteiger partial charge in [0.05, 0.1) is 39.3 Å². The molecule has 0 aromatic heterocycles. The fourth-order valence-electron chi connectivity index (χ4n) is 4.68. The van der Waals surface area contributed by atoms with E-state index in [0.717, 1.165) is 43.2 Å². The molecular formula is C25H31N3O5. The van der Waals surface area contributed by atoms with Crippen LogP contribution in [0.5, 0.6) is 5.75 Å². The zero-order valence-corrected chi connectivity index (χ0v) is 19.2. The highest BCUT2D eigenvalue weighted by Crippen LogP contribution is 2.47. The number of hydrogen-bond acceptors (Lipinski definition) is 7. The number of piperazine rings is 1. The average molecular weight is 454 g/mol. The number of carbonyl (C=O) groups excluding carboxylic acids is 1. The van der Waals surface area contributed by atoms with Gasteiger partial charge in [-0.3, -0.25) is 14.6 Å². The molecule has 0 bridgehead atoms. The van der Waals surface area contributed by atoms with Crippen LogP contribution in [0.15, 0.2) is 48.5 Å². The maximum absolute atomic E-state index is 13.6. The highest BCUT2D eigenvalue weighted by Gasteiger charge is 2.57. The molecule has 2 fully saturated rings. The molecular weight excluding hydrogens is 422 g/mol. The van der Waals surface area contributed by atoms with Gasteiger partial charge in [0.15, 0.2) is 0 Å². The van der Waals surface area contributed by atoms with Crippen molar-refractivity contribution >= 4 is 17.3 Å². The molecule has 8 nitrogen and oxygen atoms in total. The first-order chi connectivity index (χ1) is 16.0. The Kier molecular flexibility index (Phi) is 5.78. The molecule has 0 unspecified atom stereocenters. The first-order valence-electron chi connectivity index (χ1n) is 11.4. The summed E-state index contributed by atoms with van der Waals surface area (Å²) in [5.74, 6) is -0.763. The summed E-state index contributed by atoms with van der Waals surface area (Å²) < 4.78 is 17.4. The summed E-state index contributed by atoms with van der Waals surface area (Å²) in [6, 6.07) is 15.8. The van der Waals surface area contributed by atoms with E-state index in [1.807, 2.05) is 43.3 Å². The lowest BCUT2D eigenvalue weighted by molar-refractivity contribution is -0.293. The number of aliphatic hydroxyl groups is 1. The molecule has 2 aromatic rings. The van der Waals surface area contributed by atoms with Crippen molar-refractivity contribution in [3.05, 3.63) is 54.1 Å². The van der Waals surface area contributed by atoms with Crippen molar-refractivity contribution in [1.29, 1.82) is 0 Å². The average Bonchev–Trinajstić information content (AvgIpc) is 3.09. The molecule has 2 aromatic carbocycles. The monoisotopic (exact) mass is 453 g/mol. The molecule has 8 heteroatoms. The third kappa shape index (κ3) is 3.87. The second kappa shape index (κ2) is 8.61. The molecule has 1 N–H and O–H groups in total. The van der Waals surface area contributed by atoms with Gasteiger partial charge in [-0.25, -0.2) is 0 Å². The topological polar surface area (TPSA) is 74.7 Å². The van der Waals surface area contributed by atoms with Crippen LogP contribution < -0.4 is 14.5 Å². The van der Waals surface area contributed by atoms with E-state index in [2.05, 4.69) is 21.9 Å². The Bertz CT molecular complexity index is 995. The van der Waals surface area contributed by atoms with Crippen LogP contribution in [0.1, 0.15) is 12.5 Å². The van der Waals surface area contributed by atoms with Crippen molar-refractivity contribution in [1.82, 2.24) is 4.90 Å². The number of hydrogen-bond donors (Lipinski definition) is 1. The van der Waals surface area contributed by atoms with Crippen LogP contribution in [-0.2, 0) is 20.1 Å². The van der Waals surface area contributed by atoms with Gasteiger partial charge in [-0.2, -0.15) is 0 Å². The molecule has 1 amide bonds. The molecule has 5 rings (SSSR count). The number of ether oxygens (including phenoxy) is 3. The van der Waals surface area contributed by atoms with E-state index < -0.39 is 11.2 Å². The van der Waals surface area contributed by atoms with E-state index in [0.29, 0.717) is 6.67 Å². The number of benzene rings is 2. The van der Waals surface area contributed by atoms with E-state index in [9.17, 15) is 9.90 Å². The number of methoxy groups -OCH3 is 1. The first-order valence-corrected chi connectivity index (χ1v) is 11.4. The summed E-state index contributed by atoms with van der Waals surface area (Å²) in [4.78, 5) is 20.0. The van der Waals surface area contributed by atoms with Gasteiger partial charge >= 0.3 is 0 Å². The molecule has 3 heterocycles. The van der Waals surface area contributed by atoms with Gasteiger partial charge in [0.2, 0.25) is 0 Å². The standard InChI is InChI=1S/C25H31N3O5/c1-24(15-29)16-32-25(33-17-24)21-5-3-4-6-22(21)28(23(25)30)18-26-11-13-27(14-12-26)19-7-9-20(31-2)10-8-19/h3-10,29H,11-18H2,1-2H3. The van der Waals surface area contributed by atoms with E-state index in [1.54, 1.807) is 12.0 Å². The second-order valence-corrected chi connectivity index (χ2v) is 9.36. The highest BCUT2D eigenvalue weighted by atomic mass is 16.7. The van der Waals surface area contributed by atoms with Crippen LogP contribution in [-0.4, -0.2) is 75.7 Å². The lowest BCUT2D eigenvalue weighted by Crippen LogP contribution is -2.56. The van der Waals surface area contributed by atoms with Gasteiger partial charge in [0.1, 0.15) is 5.75 Å². The summed E-state index contributed by atoms with van der Waals surface area (Å²) in [6.45, 7) is 6.29. The second-order valence-electron chi connectivity index (χ2n) is 9.36. The van der Waals surface area contributed by atoms with Crippen LogP contribution in [0.3, 0.4) is 0 Å². The lowest BCUT2D eigenvalue weighted by atomic mass is 9.92. The predicted molar refractivity (Wildman–Crippen MR) is 124 cm³/mol. The van der Waals surface area contributed by atoms with Crippen molar-refractivity contribution in [3.8, 4) is 5.75 Å². The van der Waals surface area contributed by atoms with Gasteiger partial charge in [0, 0.05) is 42.8 Å². The highest BCUT2D eigenvalue weighted by molar-refractivity contribution is 6.06. The molecule has 0 saturated carbocycles. The first kappa shape index (κ1) is 22.2. The quantitative estimate of drug-likeness (QED) is 0.743. The molecule has 0 aliphatic carbocycles. The smallest absolute Gasteiger partial charge is 0.293 e. The summed E-state index contributed by atoms with van der Waals surface area (Å²) in [5, 5.41) is 9.67. The Labute approximate surface area is 194 Å². The lowest BCUT2D eigenvalue weighted by Gasteiger charge is -2.41. The number of aliphatic hydroxyl groups excluding tert-OH is 1. The van der Waals surface area contributed by atoms with Crippen molar-refractivity contribution in [2.45, 2.75) is 12.7 Å². The fraction of sp³-hybridized carbons (Fsp3) is 0.480. The Morgan fingerprint density at radius 1 is 1.00 bits per heavy atom. The number of anilines is 2. The van der Waals surface area contributed by atoms with Gasteiger partial charge in [0.25, 0.3) is 11.7 Å². The number of carbonyl (C=O) groups is 1. The Hall–Kier alpha value is -2.65. The zero-order chi connectivity index (χ0) is 23.1. The number of fused-ring (bicyclic) bond motifs is 2. The van der Waals surface area contributed by atoms with E-state index in [1.165, 1.54) is 5.69 Å². The van der Waals surface area contributed by atoms with Crippen LogP contribution >= 0.6 is 0 Å². The van der Waals surface area contributed by atoms with Crippen molar-refractivity contribution in [2.75, 3.05) is 69.6 Å². The van der Waals surface area contributed by atoms with E-state index in [4.69, 9.17) is 14.2 Å².